The molecule has 0 unspecified atom stereocenters. The van der Waals surface area contributed by atoms with E-state index in [1.54, 1.807) is 12.1 Å². The number of amides is 1. The van der Waals surface area contributed by atoms with Crippen molar-refractivity contribution < 1.29 is 23.5 Å². The molecule has 6 nitrogen and oxygen atoms in total. The van der Waals surface area contributed by atoms with Crippen molar-refractivity contribution in [3.8, 4) is 11.5 Å². The molecule has 0 saturated carbocycles. The highest BCUT2D eigenvalue weighted by Crippen LogP contribution is 2.29. The summed E-state index contributed by atoms with van der Waals surface area (Å²) in [5, 5.41) is 6.17. The summed E-state index contributed by atoms with van der Waals surface area (Å²) in [6.07, 6.45) is 1.38. The van der Waals surface area contributed by atoms with Crippen LogP contribution in [0, 0.1) is 5.82 Å². The highest BCUT2D eigenvalue weighted by molar-refractivity contribution is 6.36. The molecule has 9 heteroatoms. The fourth-order valence-corrected chi connectivity index (χ4v) is 3.67. The first-order chi connectivity index (χ1) is 16.9. The molecule has 0 atom stereocenters. The van der Waals surface area contributed by atoms with Gasteiger partial charge in [0.2, 0.25) is 0 Å². The number of hydrazone groups is 1. The minimum atomic E-state index is -0.673. The van der Waals surface area contributed by atoms with Gasteiger partial charge in [0.1, 0.15) is 17.3 Å². The second-order valence-corrected chi connectivity index (χ2v) is 8.09. The van der Waals surface area contributed by atoms with E-state index in [9.17, 15) is 14.0 Å². The normalized spacial score (nSPS) is 10.9. The van der Waals surface area contributed by atoms with Gasteiger partial charge in [0.25, 0.3) is 5.91 Å². The average molecular weight is 511 g/mol. The number of nitrogens with zero attached hydrogens (tertiary/aromatic N) is 1. The third kappa shape index (κ3) is 6.15. The van der Waals surface area contributed by atoms with Gasteiger partial charge in [-0.15, -0.1) is 0 Å². The molecule has 0 radical (unpaired) electrons. The SMILES string of the molecule is O=C(COc1ccc(F)cc1)NN=Cc1c(OC(=O)c2ccc(Cl)cc2Cl)ccc2ccccc12. The molecule has 35 heavy (non-hydrogen) atoms. The van der Waals surface area contributed by atoms with Crippen LogP contribution in [0.5, 0.6) is 11.5 Å². The Balaban J connectivity index is 1.52. The Bertz CT molecular complexity index is 1430. The third-order valence-electron chi connectivity index (χ3n) is 4.85. The van der Waals surface area contributed by atoms with Crippen LogP contribution in [0.2, 0.25) is 10.0 Å². The van der Waals surface area contributed by atoms with Crippen molar-refractivity contribution in [3.05, 3.63) is 106 Å². The van der Waals surface area contributed by atoms with Crippen LogP contribution in [0.25, 0.3) is 10.8 Å². The Morgan fingerprint density at radius 3 is 2.51 bits per heavy atom. The summed E-state index contributed by atoms with van der Waals surface area (Å²) in [6, 6.07) is 20.6. The lowest BCUT2D eigenvalue weighted by Crippen LogP contribution is -2.24. The van der Waals surface area contributed by atoms with Gasteiger partial charge >= 0.3 is 5.97 Å². The molecule has 0 bridgehead atoms. The first kappa shape index (κ1) is 24.2. The summed E-state index contributed by atoms with van der Waals surface area (Å²) in [6.45, 7) is -0.324. The van der Waals surface area contributed by atoms with Crippen molar-refractivity contribution in [2.45, 2.75) is 0 Å². The summed E-state index contributed by atoms with van der Waals surface area (Å²) in [5.74, 6) is -1.04. The largest absolute Gasteiger partial charge is 0.484 e. The maximum Gasteiger partial charge on any atom is 0.345 e. The molecule has 4 rings (SSSR count). The molecular weight excluding hydrogens is 494 g/mol. The molecule has 0 heterocycles. The number of hydrogen-bond acceptors (Lipinski definition) is 5. The Labute approximate surface area is 209 Å². The smallest absolute Gasteiger partial charge is 0.345 e. The average Bonchev–Trinajstić information content (AvgIpc) is 2.84. The quantitative estimate of drug-likeness (QED) is 0.142. The van der Waals surface area contributed by atoms with Crippen LogP contribution in [0.15, 0.2) is 84.0 Å². The number of fused-ring (bicyclic) bond motifs is 1. The number of benzene rings is 4. The van der Waals surface area contributed by atoms with Crippen LogP contribution < -0.4 is 14.9 Å². The minimum absolute atomic E-state index is 0.151. The van der Waals surface area contributed by atoms with Crippen molar-refractivity contribution in [1.29, 1.82) is 0 Å². The molecule has 0 aliphatic heterocycles. The molecular formula is C26H17Cl2FN2O4. The monoisotopic (exact) mass is 510 g/mol. The molecule has 0 aliphatic rings. The minimum Gasteiger partial charge on any atom is -0.484 e. The van der Waals surface area contributed by atoms with Crippen molar-refractivity contribution in [2.24, 2.45) is 5.10 Å². The lowest BCUT2D eigenvalue weighted by Gasteiger charge is -2.11. The lowest BCUT2D eigenvalue weighted by atomic mass is 10.0. The van der Waals surface area contributed by atoms with E-state index in [0.29, 0.717) is 16.3 Å². The van der Waals surface area contributed by atoms with Gasteiger partial charge in [-0.2, -0.15) is 5.10 Å². The predicted octanol–water partition coefficient (Wildman–Crippen LogP) is 6.03. The summed E-state index contributed by atoms with van der Waals surface area (Å²) < 4.78 is 23.9. The second kappa shape index (κ2) is 11.0. The zero-order valence-corrected chi connectivity index (χ0v) is 19.5. The number of ether oxygens (including phenoxy) is 2. The van der Waals surface area contributed by atoms with Gasteiger partial charge in [-0.3, -0.25) is 4.79 Å². The van der Waals surface area contributed by atoms with Gasteiger partial charge in [-0.25, -0.2) is 14.6 Å². The van der Waals surface area contributed by atoms with Crippen LogP contribution in [0.1, 0.15) is 15.9 Å². The van der Waals surface area contributed by atoms with E-state index < -0.39 is 17.7 Å². The Hall–Kier alpha value is -3.94. The standard InChI is InChI=1S/C26H17Cl2FN2O4/c27-17-6-11-21(23(28)13-17)26(33)35-24-12-5-16-3-1-2-4-20(16)22(24)14-30-31-25(32)15-34-19-9-7-18(29)8-10-19/h1-14H,15H2,(H,31,32). The van der Waals surface area contributed by atoms with Crippen LogP contribution in [0.3, 0.4) is 0 Å². The van der Waals surface area contributed by atoms with Gasteiger partial charge < -0.3 is 9.47 Å². The molecule has 0 fully saturated rings. The van der Waals surface area contributed by atoms with Crippen molar-refractivity contribution in [1.82, 2.24) is 5.43 Å². The summed E-state index contributed by atoms with van der Waals surface area (Å²) in [7, 11) is 0. The van der Waals surface area contributed by atoms with Crippen LogP contribution >= 0.6 is 23.2 Å². The molecule has 0 aliphatic carbocycles. The third-order valence-corrected chi connectivity index (χ3v) is 5.40. The molecule has 0 saturated heterocycles. The maximum absolute atomic E-state index is 13.0. The highest BCUT2D eigenvalue weighted by atomic mass is 35.5. The molecule has 4 aromatic rings. The van der Waals surface area contributed by atoms with E-state index in [1.165, 1.54) is 48.7 Å². The number of esters is 1. The van der Waals surface area contributed by atoms with Crippen molar-refractivity contribution in [3.63, 3.8) is 0 Å². The number of carbonyl (C=O) groups is 2. The fourth-order valence-electron chi connectivity index (χ4n) is 3.19. The van der Waals surface area contributed by atoms with Gasteiger partial charge in [0.15, 0.2) is 6.61 Å². The number of carbonyl (C=O) groups excluding carboxylic acids is 2. The molecule has 4 aromatic carbocycles. The molecule has 1 N–H and O–H groups in total. The van der Waals surface area contributed by atoms with Gasteiger partial charge in [-0.05, 0) is 59.3 Å². The Morgan fingerprint density at radius 2 is 1.74 bits per heavy atom. The summed E-state index contributed by atoms with van der Waals surface area (Å²) >= 11 is 12.0. The van der Waals surface area contributed by atoms with Gasteiger partial charge in [0.05, 0.1) is 16.8 Å². The fraction of sp³-hybridized carbons (Fsp3) is 0.0385. The van der Waals surface area contributed by atoms with E-state index in [4.69, 9.17) is 32.7 Å². The molecule has 0 aromatic heterocycles. The first-order valence-corrected chi connectivity index (χ1v) is 11.1. The molecule has 176 valence electrons. The van der Waals surface area contributed by atoms with Crippen LogP contribution in [-0.4, -0.2) is 24.7 Å². The molecule has 1 amide bonds. The summed E-state index contributed by atoms with van der Waals surface area (Å²) in [5.41, 5.74) is 2.98. The maximum atomic E-state index is 13.0. The van der Waals surface area contributed by atoms with Crippen molar-refractivity contribution >= 4 is 52.1 Å². The van der Waals surface area contributed by atoms with Crippen LogP contribution in [0.4, 0.5) is 4.39 Å². The predicted molar refractivity (Wildman–Crippen MR) is 133 cm³/mol. The Morgan fingerprint density at radius 1 is 0.971 bits per heavy atom. The van der Waals surface area contributed by atoms with Crippen molar-refractivity contribution in [2.75, 3.05) is 6.61 Å². The lowest BCUT2D eigenvalue weighted by molar-refractivity contribution is -0.123. The first-order valence-electron chi connectivity index (χ1n) is 10.3. The van der Waals surface area contributed by atoms with E-state index in [1.807, 2.05) is 24.3 Å². The molecule has 0 spiro atoms. The van der Waals surface area contributed by atoms with E-state index >= 15 is 0 Å². The number of nitrogens with one attached hydrogen (secondary N) is 1. The van der Waals surface area contributed by atoms with E-state index in [-0.39, 0.29) is 22.9 Å². The van der Waals surface area contributed by atoms with Gasteiger partial charge in [0, 0.05) is 10.6 Å². The van der Waals surface area contributed by atoms with Crippen LogP contribution in [-0.2, 0) is 4.79 Å². The van der Waals surface area contributed by atoms with Gasteiger partial charge in [-0.1, -0.05) is 53.5 Å². The second-order valence-electron chi connectivity index (χ2n) is 7.25. The summed E-state index contributed by atoms with van der Waals surface area (Å²) in [4.78, 5) is 24.9. The number of rotatable bonds is 7. The number of hydrogen-bond donors (Lipinski definition) is 1. The zero-order chi connectivity index (χ0) is 24.8. The van der Waals surface area contributed by atoms with E-state index in [2.05, 4.69) is 10.5 Å². The highest BCUT2D eigenvalue weighted by Gasteiger charge is 2.16. The zero-order valence-electron chi connectivity index (χ0n) is 18.0. The Kier molecular flexibility index (Phi) is 7.60. The topological polar surface area (TPSA) is 77.0 Å². The van der Waals surface area contributed by atoms with E-state index in [0.717, 1.165) is 10.8 Å². The number of halogens is 3.